The van der Waals surface area contributed by atoms with Crippen molar-refractivity contribution in [3.8, 4) is 0 Å². The smallest absolute Gasteiger partial charge is 0.222 e. The summed E-state index contributed by atoms with van der Waals surface area (Å²) in [4.78, 5) is 13.8. The maximum Gasteiger partial charge on any atom is 0.222 e. The molecule has 1 saturated carbocycles. The second-order valence-electron chi connectivity index (χ2n) is 5.20. The molecule has 3 nitrogen and oxygen atoms in total. The van der Waals surface area contributed by atoms with Gasteiger partial charge in [0.25, 0.3) is 0 Å². The second-order valence-corrected chi connectivity index (χ2v) is 5.20. The Morgan fingerprint density at radius 1 is 1.33 bits per heavy atom. The zero-order valence-corrected chi connectivity index (χ0v) is 10.5. The normalized spacial score (nSPS) is 19.9. The number of hydrogen-bond donors (Lipinski definition) is 1. The van der Waals surface area contributed by atoms with Crippen LogP contribution in [0.2, 0.25) is 0 Å². The minimum absolute atomic E-state index is 0.0885. The van der Waals surface area contributed by atoms with Crippen molar-refractivity contribution in [2.24, 2.45) is 5.92 Å². The Bertz CT molecular complexity index is 218. The van der Waals surface area contributed by atoms with Gasteiger partial charge in [0, 0.05) is 18.0 Å². The van der Waals surface area contributed by atoms with E-state index in [0.29, 0.717) is 0 Å². The Kier molecular flexibility index (Phi) is 4.14. The van der Waals surface area contributed by atoms with Crippen LogP contribution >= 0.6 is 0 Å². The SMILES string of the molecule is CC(C)C(=O)NCC1(N(C)C)CCCC1. The summed E-state index contributed by atoms with van der Waals surface area (Å²) < 4.78 is 0. The first-order valence-corrected chi connectivity index (χ1v) is 5.93. The lowest BCUT2D eigenvalue weighted by molar-refractivity contribution is -0.124. The van der Waals surface area contributed by atoms with E-state index < -0.39 is 0 Å². The van der Waals surface area contributed by atoms with Crippen molar-refractivity contribution in [1.29, 1.82) is 0 Å². The molecule has 0 atom stereocenters. The van der Waals surface area contributed by atoms with Crippen LogP contribution in [0.1, 0.15) is 39.5 Å². The number of carbonyl (C=O) groups is 1. The van der Waals surface area contributed by atoms with Gasteiger partial charge in [-0.2, -0.15) is 0 Å². The van der Waals surface area contributed by atoms with Crippen LogP contribution < -0.4 is 5.32 Å². The summed E-state index contributed by atoms with van der Waals surface area (Å²) in [6, 6.07) is 0. The van der Waals surface area contributed by atoms with E-state index in [2.05, 4.69) is 24.3 Å². The van der Waals surface area contributed by atoms with Crippen molar-refractivity contribution in [1.82, 2.24) is 10.2 Å². The lowest BCUT2D eigenvalue weighted by Crippen LogP contribution is -2.51. The van der Waals surface area contributed by atoms with E-state index in [-0.39, 0.29) is 17.4 Å². The predicted molar refractivity (Wildman–Crippen MR) is 62.7 cm³/mol. The first-order valence-electron chi connectivity index (χ1n) is 5.93. The molecule has 0 aliphatic heterocycles. The molecule has 1 aliphatic rings. The molecule has 3 heteroatoms. The molecule has 0 unspecified atom stereocenters. The average Bonchev–Trinajstić information content (AvgIpc) is 2.63. The van der Waals surface area contributed by atoms with Crippen molar-refractivity contribution in [3.05, 3.63) is 0 Å². The van der Waals surface area contributed by atoms with Crippen molar-refractivity contribution >= 4 is 5.91 Å². The van der Waals surface area contributed by atoms with Gasteiger partial charge in [0.2, 0.25) is 5.91 Å². The molecular weight excluding hydrogens is 188 g/mol. The highest BCUT2D eigenvalue weighted by molar-refractivity contribution is 5.77. The van der Waals surface area contributed by atoms with Crippen LogP contribution in [0.25, 0.3) is 0 Å². The first kappa shape index (κ1) is 12.5. The average molecular weight is 212 g/mol. The van der Waals surface area contributed by atoms with E-state index in [1.165, 1.54) is 25.7 Å². The molecule has 0 aromatic heterocycles. The number of nitrogens with zero attached hydrogens (tertiary/aromatic N) is 1. The lowest BCUT2D eigenvalue weighted by Gasteiger charge is -2.36. The van der Waals surface area contributed by atoms with Crippen molar-refractivity contribution in [3.63, 3.8) is 0 Å². The van der Waals surface area contributed by atoms with Crippen LogP contribution in [-0.4, -0.2) is 37.0 Å². The predicted octanol–water partition coefficient (Wildman–Crippen LogP) is 1.63. The lowest BCUT2D eigenvalue weighted by atomic mass is 9.96. The third-order valence-corrected chi connectivity index (χ3v) is 3.60. The molecule has 1 N–H and O–H groups in total. The number of nitrogens with one attached hydrogen (secondary N) is 1. The van der Waals surface area contributed by atoms with E-state index in [4.69, 9.17) is 0 Å². The van der Waals surface area contributed by atoms with E-state index in [1.54, 1.807) is 0 Å². The third kappa shape index (κ3) is 2.94. The van der Waals surface area contributed by atoms with Gasteiger partial charge >= 0.3 is 0 Å². The molecule has 0 aromatic carbocycles. The minimum atomic E-state index is 0.0885. The fourth-order valence-corrected chi connectivity index (χ4v) is 2.27. The fraction of sp³-hybridized carbons (Fsp3) is 0.917. The molecule has 1 amide bonds. The second kappa shape index (κ2) is 4.97. The molecular formula is C12H24N2O. The Hall–Kier alpha value is -0.570. The summed E-state index contributed by atoms with van der Waals surface area (Å²) in [6.45, 7) is 4.68. The molecule has 1 rings (SSSR count). The van der Waals surface area contributed by atoms with Gasteiger partial charge in [0.15, 0.2) is 0 Å². The summed E-state index contributed by atoms with van der Waals surface area (Å²) in [6.07, 6.45) is 4.99. The Labute approximate surface area is 93.2 Å². The Morgan fingerprint density at radius 2 is 1.87 bits per heavy atom. The molecule has 1 aliphatic carbocycles. The zero-order valence-electron chi connectivity index (χ0n) is 10.5. The molecule has 15 heavy (non-hydrogen) atoms. The van der Waals surface area contributed by atoms with Crippen molar-refractivity contribution in [2.75, 3.05) is 20.6 Å². The maximum absolute atomic E-state index is 11.5. The molecule has 88 valence electrons. The van der Waals surface area contributed by atoms with Gasteiger partial charge in [-0.25, -0.2) is 0 Å². The number of amides is 1. The number of likely N-dealkylation sites (N-methyl/N-ethyl adjacent to an activating group) is 1. The van der Waals surface area contributed by atoms with Crippen LogP contribution in [0.3, 0.4) is 0 Å². The molecule has 0 saturated heterocycles. The summed E-state index contributed by atoms with van der Waals surface area (Å²) in [5.74, 6) is 0.258. The zero-order chi connectivity index (χ0) is 11.5. The van der Waals surface area contributed by atoms with Crippen LogP contribution in [0.5, 0.6) is 0 Å². The van der Waals surface area contributed by atoms with E-state index in [9.17, 15) is 4.79 Å². The van der Waals surface area contributed by atoms with E-state index >= 15 is 0 Å². The third-order valence-electron chi connectivity index (χ3n) is 3.60. The highest BCUT2D eigenvalue weighted by atomic mass is 16.1. The standard InChI is InChI=1S/C12H24N2O/c1-10(2)11(15)13-9-12(14(3)4)7-5-6-8-12/h10H,5-9H2,1-4H3,(H,13,15). The monoisotopic (exact) mass is 212 g/mol. The van der Waals surface area contributed by atoms with Gasteiger partial charge in [-0.3, -0.25) is 4.79 Å². The van der Waals surface area contributed by atoms with Crippen LogP contribution in [0.15, 0.2) is 0 Å². The first-order chi connectivity index (χ1) is 6.98. The highest BCUT2D eigenvalue weighted by Gasteiger charge is 2.36. The van der Waals surface area contributed by atoms with Gasteiger partial charge in [0.05, 0.1) is 0 Å². The summed E-state index contributed by atoms with van der Waals surface area (Å²) >= 11 is 0. The summed E-state index contributed by atoms with van der Waals surface area (Å²) in [5.41, 5.74) is 0.213. The summed E-state index contributed by atoms with van der Waals surface area (Å²) in [5, 5.41) is 3.07. The number of hydrogen-bond acceptors (Lipinski definition) is 2. The molecule has 0 spiro atoms. The Morgan fingerprint density at radius 3 is 2.27 bits per heavy atom. The molecule has 0 radical (unpaired) electrons. The highest BCUT2D eigenvalue weighted by Crippen LogP contribution is 2.33. The van der Waals surface area contributed by atoms with E-state index in [0.717, 1.165) is 6.54 Å². The molecule has 0 aromatic rings. The minimum Gasteiger partial charge on any atom is -0.354 e. The van der Waals surface area contributed by atoms with Crippen LogP contribution in [-0.2, 0) is 4.79 Å². The van der Waals surface area contributed by atoms with Gasteiger partial charge in [-0.15, -0.1) is 0 Å². The summed E-state index contributed by atoms with van der Waals surface area (Å²) in [7, 11) is 4.24. The number of rotatable bonds is 4. The number of carbonyl (C=O) groups excluding carboxylic acids is 1. The largest absolute Gasteiger partial charge is 0.354 e. The van der Waals surface area contributed by atoms with Gasteiger partial charge in [-0.05, 0) is 26.9 Å². The van der Waals surface area contributed by atoms with Crippen LogP contribution in [0, 0.1) is 5.92 Å². The van der Waals surface area contributed by atoms with Crippen molar-refractivity contribution < 1.29 is 4.79 Å². The van der Waals surface area contributed by atoms with Crippen molar-refractivity contribution in [2.45, 2.75) is 45.1 Å². The van der Waals surface area contributed by atoms with Gasteiger partial charge < -0.3 is 10.2 Å². The molecule has 0 heterocycles. The van der Waals surface area contributed by atoms with Gasteiger partial charge in [0.1, 0.15) is 0 Å². The van der Waals surface area contributed by atoms with Crippen LogP contribution in [0.4, 0.5) is 0 Å². The molecule has 0 bridgehead atoms. The maximum atomic E-state index is 11.5. The fourth-order valence-electron chi connectivity index (χ4n) is 2.27. The Balaban J connectivity index is 2.50. The topological polar surface area (TPSA) is 32.3 Å². The molecule has 1 fully saturated rings. The quantitative estimate of drug-likeness (QED) is 0.768. The van der Waals surface area contributed by atoms with E-state index in [1.807, 2.05) is 13.8 Å². The van der Waals surface area contributed by atoms with Gasteiger partial charge in [-0.1, -0.05) is 26.7 Å².